The standard InChI is InChI=1S/2C11H12B2O5S.C11H13BO5S.C10H12BNO5S.2C10H11BO6S.2C10H11BO5S/c12-6-8-3-9(7-13)5-10(4-8)11(14)18-1-2-19(15,16)17;12-6-8-1-2-9(7-13)10(5-8)11(14)18-3-4-19(15,16)17;1-8-6-9(2-3-10(8)7-12)11(13)17-4-5-18(14,15)16;11-6-8-5-7(1-2-9(8)12)10(13)17-3-4-18(14,15)16;11-6-7-1-2-9(12)8(5-7)10(13)17-3-4-18(14,15)16;11-6-7-1-2-8(9(12)5-7)10(13)17-3-4-18(14,15)16;11-7-8-1-3-9(4-2-8)10(12)16-5-6-17(13,14)15;11-7-8-2-1-3-9(6-8)10(12)16-4-5-17(13,14)15/h3-5H,1-2,6-7H2,(H,15,16,17);1-2,5H,3-4,6-7H2,(H,15,16,17);2-3,6H,4-5,7H2,1H3,(H,14,15,16);1-2,5H,3-4,6,12H2,(H,14,15,16);2*1-2,5,12H,3-4,6H2,(H,14,15,16);1-4H,5-7H2,(H,13,14,15);1-3,6H,4-5,7H2,(H,13,14,15)/p-8. The van der Waals surface area contributed by atoms with Gasteiger partial charge in [0.2, 0.25) is 0 Å². The van der Waals surface area contributed by atoms with Crippen LogP contribution in [0.5, 0.6) is 11.5 Å². The average molecular weight is 2130 g/mol. The van der Waals surface area contributed by atoms with E-state index in [-0.39, 0.29) is 101 Å². The maximum absolute atomic E-state index is 11.8. The molecule has 8 aromatic carbocycles. The average Bonchev–Trinajstić information content (AvgIpc) is 0.846. The Bertz CT molecular complexity index is 6590. The molecule has 0 fully saturated rings. The Kier molecular flexibility index (Phi) is 58.8. The van der Waals surface area contributed by atoms with Crippen molar-refractivity contribution in [3.05, 3.63) is 263 Å². The van der Waals surface area contributed by atoms with E-state index < -0.39 is 228 Å². The molecule has 0 atom stereocenters. The number of hydrogen-bond acceptors (Lipinski definition) is 43. The van der Waals surface area contributed by atoms with E-state index >= 15 is 0 Å². The number of aromatic hydroxyl groups is 2. The van der Waals surface area contributed by atoms with Gasteiger partial charge in [0.25, 0.3) is 0 Å². The highest BCUT2D eigenvalue weighted by molar-refractivity contribution is 7.87. The second-order valence-corrected chi connectivity index (χ2v) is 40.6. The molecule has 20 radical (unpaired) electrons. The van der Waals surface area contributed by atoms with Crippen LogP contribution in [0.25, 0.3) is 0 Å². The highest BCUT2D eigenvalue weighted by Crippen LogP contribution is 2.24. The summed E-state index contributed by atoms with van der Waals surface area (Å²) in [4.78, 5) is 92.2. The highest BCUT2D eigenvalue weighted by Gasteiger charge is 2.20. The van der Waals surface area contributed by atoms with E-state index in [9.17, 15) is 152 Å². The number of hydrogen-bond donors (Lipinski definition) is 3. The molecule has 0 saturated carbocycles. The van der Waals surface area contributed by atoms with E-state index in [4.69, 9.17) is 93.7 Å². The molecule has 0 bridgehead atoms. The molecule has 0 aliphatic carbocycles. The van der Waals surface area contributed by atoms with Crippen LogP contribution in [0, 0.1) is 6.92 Å². The first-order chi connectivity index (χ1) is 66.9. The van der Waals surface area contributed by atoms with E-state index in [1.165, 1.54) is 91.0 Å². The first kappa shape index (κ1) is 131. The van der Waals surface area contributed by atoms with Gasteiger partial charge in [0.1, 0.15) is 75.5 Å². The summed E-state index contributed by atoms with van der Waals surface area (Å²) >= 11 is 0. The molecule has 0 saturated heterocycles. The summed E-state index contributed by atoms with van der Waals surface area (Å²) < 4.78 is 285. The SMILES string of the molecule is [B]Cc1cc(C(=O)OCCS(=O)(=O)[O-])ccc1N.[B]Cc1cc(C[B])cc(C(=O)OCCS(=O)(=O)[O-])c1.[B]Cc1ccc(C(=O)OCCS(=O)(=O)[O-])c(O)c1.[B]Cc1ccc(C(=O)OCCS(=O)(=O)[O-])cc1.[B]Cc1ccc(C(=O)OCCS(=O)(=O)[O-])cc1C.[B]Cc1ccc(C[B])c(C(=O)OCCS(=O)(=O)[O-])c1.[B]Cc1ccc(O)c(C(=O)OCCS(=O)(=O)[O-])c1.[B]Cc1cccc(C(=O)OCCS(=O)(=O)[O-])c1. The van der Waals surface area contributed by atoms with Gasteiger partial charge in [-0.15, -0.1) is 0 Å². The fraction of sp³-hybridized carbons (Fsp3) is 0.325. The minimum absolute atomic E-state index is 0.115. The van der Waals surface area contributed by atoms with Gasteiger partial charge in [0.15, 0.2) is 0 Å². The first-order valence-corrected chi connectivity index (χ1v) is 53.4. The van der Waals surface area contributed by atoms with Gasteiger partial charge in [0.05, 0.1) is 239 Å². The third kappa shape index (κ3) is 58.7. The zero-order chi connectivity index (χ0) is 110. The topological polar surface area (TPSA) is 734 Å². The highest BCUT2D eigenvalue weighted by atomic mass is 32.2. The molecule has 8 rings (SSSR count). The summed E-state index contributed by atoms with van der Waals surface area (Å²) in [5, 5.41) is 19.0. The number of carbonyl (C=O) groups excluding carboxylic acids is 8. The van der Waals surface area contributed by atoms with E-state index in [0.717, 1.165) is 27.8 Å². The van der Waals surface area contributed by atoms with Crippen molar-refractivity contribution < 1.29 is 190 Å². The number of esters is 8. The Hall–Kier alpha value is -11.2. The molecule has 0 heterocycles. The zero-order valence-electron chi connectivity index (χ0n) is 76.2. The molecule has 760 valence electrons. The maximum Gasteiger partial charge on any atom is 0.341 e. The molecule has 0 aliphatic heterocycles. The van der Waals surface area contributed by atoms with Crippen molar-refractivity contribution in [1.29, 1.82) is 0 Å². The fourth-order valence-electron chi connectivity index (χ4n) is 10.1. The summed E-state index contributed by atoms with van der Waals surface area (Å²) in [6, 6.07) is 40.2. The van der Waals surface area contributed by atoms with Crippen molar-refractivity contribution in [2.75, 3.05) is 105 Å². The predicted octanol–water partition coefficient (Wildman–Crippen LogP) is -0.904. The molecule has 43 nitrogen and oxygen atoms in total. The number of carbonyl (C=O) groups is 8. The zero-order valence-corrected chi connectivity index (χ0v) is 82.8. The number of nitrogens with two attached hydrogens (primary N) is 1. The summed E-state index contributed by atoms with van der Waals surface area (Å²) in [5.74, 6) is -12.7. The summed E-state index contributed by atoms with van der Waals surface area (Å²) in [7, 11) is 19.2. The van der Waals surface area contributed by atoms with Crippen LogP contribution in [-0.4, -0.2) is 339 Å². The summed E-state index contributed by atoms with van der Waals surface area (Å²) in [5.41, 5.74) is 15.3. The minimum atomic E-state index is -4.43. The lowest BCUT2D eigenvalue weighted by Gasteiger charge is -2.11. The van der Waals surface area contributed by atoms with Gasteiger partial charge in [-0.2, -0.15) is 0 Å². The van der Waals surface area contributed by atoms with Gasteiger partial charge in [-0.25, -0.2) is 106 Å². The van der Waals surface area contributed by atoms with E-state index in [1.807, 2.05) is 0 Å². The number of nitrogen functional groups attached to an aromatic ring is 1. The smallest absolute Gasteiger partial charge is 0.341 e. The van der Waals surface area contributed by atoms with Crippen molar-refractivity contribution in [1.82, 2.24) is 0 Å². The number of phenols is 2. The number of phenolic OH excluding ortho intramolecular Hbond substituents is 2. The Morgan fingerprint density at radius 2 is 0.514 bits per heavy atom. The van der Waals surface area contributed by atoms with Gasteiger partial charge >= 0.3 is 47.8 Å². The van der Waals surface area contributed by atoms with Crippen LogP contribution in [0.15, 0.2) is 158 Å². The third-order valence-electron chi connectivity index (χ3n) is 17.4. The lowest BCUT2D eigenvalue weighted by Crippen LogP contribution is -2.16. The first-order valence-electron chi connectivity index (χ1n) is 40.8. The monoisotopic (exact) mass is 2130 g/mol. The molecular formula is C83H85B10NO42S8-8. The maximum atomic E-state index is 11.8. The van der Waals surface area contributed by atoms with Crippen LogP contribution >= 0.6 is 0 Å². The molecule has 8 aromatic rings. The molecule has 0 aromatic heterocycles. The van der Waals surface area contributed by atoms with E-state index in [0.29, 0.717) is 57.3 Å². The molecule has 4 N–H and O–H groups in total. The molecule has 0 unspecified atom stereocenters. The van der Waals surface area contributed by atoms with Gasteiger partial charge in [-0.1, -0.05) is 168 Å². The Labute approximate surface area is 846 Å². The molecular weight excluding hydrogens is 2050 g/mol. The summed E-state index contributed by atoms with van der Waals surface area (Å²) in [6.45, 7) is -2.08. The third-order valence-corrected chi connectivity index (χ3v) is 22.7. The molecule has 0 amide bonds. The van der Waals surface area contributed by atoms with Crippen LogP contribution in [0.2, 0.25) is 0 Å². The van der Waals surface area contributed by atoms with E-state index in [2.05, 4.69) is 28.4 Å². The van der Waals surface area contributed by atoms with Crippen molar-refractivity contribution in [3.8, 4) is 11.5 Å². The van der Waals surface area contributed by atoms with Crippen LogP contribution in [0.4, 0.5) is 5.69 Å². The Morgan fingerprint density at radius 1 is 0.243 bits per heavy atom. The predicted molar refractivity (Wildman–Crippen MR) is 517 cm³/mol. The summed E-state index contributed by atoms with van der Waals surface area (Å²) in [6.07, 6.45) is 2.44. The molecule has 0 aliphatic rings. The van der Waals surface area contributed by atoms with Gasteiger partial charge in [-0.05, 0) is 121 Å². The van der Waals surface area contributed by atoms with Crippen LogP contribution in [-0.2, 0) is 182 Å². The fourth-order valence-corrected chi connectivity index (χ4v) is 12.4. The van der Waals surface area contributed by atoms with Gasteiger partial charge in [0, 0.05) is 5.69 Å². The van der Waals surface area contributed by atoms with Crippen molar-refractivity contribution >= 4 is 213 Å². The number of aryl methyl sites for hydroxylation is 1. The Morgan fingerprint density at radius 3 is 0.868 bits per heavy atom. The normalized spacial score (nSPS) is 11.2. The molecule has 61 heteroatoms. The van der Waals surface area contributed by atoms with Gasteiger partial charge in [-0.3, -0.25) is 0 Å². The van der Waals surface area contributed by atoms with Crippen molar-refractivity contribution in [2.24, 2.45) is 0 Å². The van der Waals surface area contributed by atoms with Crippen LogP contribution in [0.1, 0.15) is 144 Å². The van der Waals surface area contributed by atoms with Gasteiger partial charge < -0.3 is 90.3 Å². The second-order valence-electron chi connectivity index (χ2n) is 28.4. The lowest BCUT2D eigenvalue weighted by atomic mass is 9.89. The quantitative estimate of drug-likeness (QED) is 0.0137. The number of benzene rings is 8. The van der Waals surface area contributed by atoms with E-state index in [1.54, 1.807) is 73.7 Å². The van der Waals surface area contributed by atoms with Crippen molar-refractivity contribution in [2.45, 2.75) is 70.1 Å². The molecule has 0 spiro atoms. The molecule has 144 heavy (non-hydrogen) atoms. The largest absolute Gasteiger partial charge is 0.748 e. The number of ether oxygens (including phenoxy) is 8. The van der Waals surface area contributed by atoms with Crippen molar-refractivity contribution in [3.63, 3.8) is 0 Å². The van der Waals surface area contributed by atoms with Crippen LogP contribution in [0.3, 0.4) is 0 Å². The lowest BCUT2D eigenvalue weighted by molar-refractivity contribution is 0.0514. The number of rotatable bonds is 42. The Balaban J connectivity index is 0.000000823. The number of anilines is 1. The second kappa shape index (κ2) is 64.7. The minimum Gasteiger partial charge on any atom is -0.748 e. The van der Waals surface area contributed by atoms with Crippen LogP contribution < -0.4 is 5.73 Å².